The van der Waals surface area contributed by atoms with Crippen LogP contribution in [0.5, 0.6) is 0 Å². The third-order valence-electron chi connectivity index (χ3n) is 3.10. The summed E-state index contributed by atoms with van der Waals surface area (Å²) in [6.07, 6.45) is 11.3. The minimum absolute atomic E-state index is 0.464. The highest BCUT2D eigenvalue weighted by Gasteiger charge is 2.26. The Balaban J connectivity index is 1.81. The summed E-state index contributed by atoms with van der Waals surface area (Å²) in [5.41, 5.74) is 0. The molecule has 1 saturated carbocycles. The van der Waals surface area contributed by atoms with Gasteiger partial charge in [0.25, 0.3) is 0 Å². The van der Waals surface area contributed by atoms with Gasteiger partial charge < -0.3 is 0 Å². The smallest absolute Gasteiger partial charge is 0.136 e. The number of carbonyl (C=O) groups is 1. The van der Waals surface area contributed by atoms with E-state index >= 15 is 0 Å². The van der Waals surface area contributed by atoms with E-state index in [1.165, 1.54) is 51.4 Å². The zero-order valence-corrected chi connectivity index (χ0v) is 8.85. The number of hydrogen-bond acceptors (Lipinski definition) is 1. The van der Waals surface area contributed by atoms with Gasteiger partial charge in [-0.15, -0.1) is 0 Å². The lowest BCUT2D eigenvalue weighted by Gasteiger charge is -2.23. The first-order valence-electron chi connectivity index (χ1n) is 5.87. The number of Topliss-reactive ketones (excluding diaryl/α,β-unsaturated/α-hetero) is 1. The molecule has 0 aromatic rings. The van der Waals surface area contributed by atoms with Crippen LogP contribution in [0.2, 0.25) is 0 Å². The van der Waals surface area contributed by atoms with Gasteiger partial charge in [-0.2, -0.15) is 0 Å². The van der Waals surface area contributed by atoms with Crippen LogP contribution in [0.25, 0.3) is 0 Å². The van der Waals surface area contributed by atoms with Gasteiger partial charge in [0.05, 0.1) is 0 Å². The van der Waals surface area contributed by atoms with Gasteiger partial charge in [0.1, 0.15) is 5.78 Å². The summed E-state index contributed by atoms with van der Waals surface area (Å²) < 4.78 is 0. The third-order valence-corrected chi connectivity index (χ3v) is 3.10. The molecular formula is C12H22O. The maximum absolute atomic E-state index is 11.0. The lowest BCUT2D eigenvalue weighted by atomic mass is 9.80. The van der Waals surface area contributed by atoms with Crippen molar-refractivity contribution in [1.82, 2.24) is 0 Å². The van der Waals surface area contributed by atoms with E-state index in [0.717, 1.165) is 6.42 Å². The van der Waals surface area contributed by atoms with Gasteiger partial charge in [-0.05, 0) is 12.8 Å². The molecule has 0 aromatic carbocycles. The van der Waals surface area contributed by atoms with E-state index in [9.17, 15) is 4.79 Å². The molecule has 0 saturated heterocycles. The van der Waals surface area contributed by atoms with E-state index in [1.807, 2.05) is 0 Å². The molecule has 1 nitrogen and oxygen atoms in total. The van der Waals surface area contributed by atoms with Crippen molar-refractivity contribution in [2.45, 2.75) is 64.7 Å². The average Bonchev–Trinajstić information content (AvgIpc) is 2.14. The van der Waals surface area contributed by atoms with Crippen LogP contribution in [0.3, 0.4) is 0 Å². The minimum atomic E-state index is 0.464. The van der Waals surface area contributed by atoms with E-state index in [2.05, 4.69) is 6.92 Å². The molecule has 0 bridgehead atoms. The van der Waals surface area contributed by atoms with Crippen LogP contribution in [-0.4, -0.2) is 5.78 Å². The number of ketones is 1. The lowest BCUT2D eigenvalue weighted by molar-refractivity contribution is -0.129. The summed E-state index contributed by atoms with van der Waals surface area (Å²) in [4.78, 5) is 11.0. The van der Waals surface area contributed by atoms with Crippen LogP contribution in [0.1, 0.15) is 64.7 Å². The Morgan fingerprint density at radius 3 is 2.38 bits per heavy atom. The van der Waals surface area contributed by atoms with Crippen molar-refractivity contribution in [1.29, 1.82) is 0 Å². The van der Waals surface area contributed by atoms with Crippen LogP contribution in [0.15, 0.2) is 0 Å². The molecule has 0 aromatic heterocycles. The van der Waals surface area contributed by atoms with Gasteiger partial charge in [0, 0.05) is 12.3 Å². The fourth-order valence-electron chi connectivity index (χ4n) is 1.94. The summed E-state index contributed by atoms with van der Waals surface area (Å²) in [6, 6.07) is 0. The summed E-state index contributed by atoms with van der Waals surface area (Å²) in [5.74, 6) is 0.986. The molecule has 0 N–H and O–H groups in total. The van der Waals surface area contributed by atoms with Crippen LogP contribution < -0.4 is 0 Å². The minimum Gasteiger partial charge on any atom is -0.299 e. The molecule has 1 rings (SSSR count). The maximum Gasteiger partial charge on any atom is 0.136 e. The first-order valence-corrected chi connectivity index (χ1v) is 5.87. The normalized spacial score (nSPS) is 21.6. The topological polar surface area (TPSA) is 17.1 Å². The van der Waals surface area contributed by atoms with Crippen molar-refractivity contribution >= 4 is 5.78 Å². The third kappa shape index (κ3) is 3.93. The second-order valence-electron chi connectivity index (χ2n) is 4.26. The Morgan fingerprint density at radius 2 is 1.85 bits per heavy atom. The fourth-order valence-corrected chi connectivity index (χ4v) is 1.94. The van der Waals surface area contributed by atoms with Crippen LogP contribution in [0.4, 0.5) is 0 Å². The summed E-state index contributed by atoms with van der Waals surface area (Å²) >= 11 is 0. The van der Waals surface area contributed by atoms with Gasteiger partial charge in [-0.1, -0.05) is 45.4 Å². The molecule has 1 fully saturated rings. The highest BCUT2D eigenvalue weighted by molar-refractivity contribution is 5.86. The Labute approximate surface area is 81.9 Å². The first-order chi connectivity index (χ1) is 6.34. The highest BCUT2D eigenvalue weighted by Crippen LogP contribution is 2.27. The summed E-state index contributed by atoms with van der Waals surface area (Å²) in [7, 11) is 0. The number of hydrogen-bond donors (Lipinski definition) is 0. The molecule has 0 amide bonds. The monoisotopic (exact) mass is 182 g/mol. The quantitative estimate of drug-likeness (QED) is 0.548. The Bertz CT molecular complexity index is 151. The molecule has 13 heavy (non-hydrogen) atoms. The largest absolute Gasteiger partial charge is 0.299 e. The maximum atomic E-state index is 11.0. The predicted molar refractivity (Wildman–Crippen MR) is 55.7 cm³/mol. The van der Waals surface area contributed by atoms with E-state index in [-0.39, 0.29) is 0 Å². The average molecular weight is 182 g/mol. The van der Waals surface area contributed by atoms with Gasteiger partial charge >= 0.3 is 0 Å². The van der Waals surface area contributed by atoms with Crippen LogP contribution in [-0.2, 0) is 4.79 Å². The number of carbonyl (C=O) groups excluding carboxylic acids is 1. The SMILES string of the molecule is CCCCCCCC[C@@H]1CCC1=O. The first kappa shape index (κ1) is 10.7. The molecule has 0 unspecified atom stereocenters. The van der Waals surface area contributed by atoms with Crippen molar-refractivity contribution in [2.24, 2.45) is 5.92 Å². The Kier molecular flexibility index (Phi) is 5.10. The van der Waals surface area contributed by atoms with Crippen molar-refractivity contribution in [3.63, 3.8) is 0 Å². The molecule has 1 heteroatoms. The van der Waals surface area contributed by atoms with Gasteiger partial charge in [0.15, 0.2) is 0 Å². The molecule has 0 heterocycles. The van der Waals surface area contributed by atoms with E-state index in [0.29, 0.717) is 11.7 Å². The Hall–Kier alpha value is -0.330. The number of unbranched alkanes of at least 4 members (excludes halogenated alkanes) is 5. The molecule has 0 aliphatic heterocycles. The number of rotatable bonds is 7. The van der Waals surface area contributed by atoms with Crippen LogP contribution in [0, 0.1) is 5.92 Å². The zero-order valence-electron chi connectivity index (χ0n) is 8.85. The van der Waals surface area contributed by atoms with Gasteiger partial charge in [-0.25, -0.2) is 0 Å². The predicted octanol–water partition coefficient (Wildman–Crippen LogP) is 3.72. The standard InChI is InChI=1S/C12H22O/c1-2-3-4-5-6-7-8-11-9-10-12(11)13/h11H,2-10H2,1H3/t11-/m1/s1. The molecule has 1 aliphatic carbocycles. The Morgan fingerprint density at radius 1 is 1.15 bits per heavy atom. The van der Waals surface area contributed by atoms with Gasteiger partial charge in [0.2, 0.25) is 0 Å². The lowest BCUT2D eigenvalue weighted by Crippen LogP contribution is -2.25. The van der Waals surface area contributed by atoms with Crippen molar-refractivity contribution in [2.75, 3.05) is 0 Å². The van der Waals surface area contributed by atoms with E-state index < -0.39 is 0 Å². The summed E-state index contributed by atoms with van der Waals surface area (Å²) in [6.45, 7) is 2.24. The molecule has 0 radical (unpaired) electrons. The molecule has 1 aliphatic rings. The van der Waals surface area contributed by atoms with Crippen molar-refractivity contribution in [3.05, 3.63) is 0 Å². The second kappa shape index (κ2) is 6.17. The summed E-state index contributed by atoms with van der Waals surface area (Å²) in [5, 5.41) is 0. The molecule has 1 atom stereocenters. The van der Waals surface area contributed by atoms with E-state index in [4.69, 9.17) is 0 Å². The van der Waals surface area contributed by atoms with E-state index in [1.54, 1.807) is 0 Å². The van der Waals surface area contributed by atoms with Crippen molar-refractivity contribution < 1.29 is 4.79 Å². The van der Waals surface area contributed by atoms with Gasteiger partial charge in [-0.3, -0.25) is 4.79 Å². The molecule has 76 valence electrons. The zero-order chi connectivity index (χ0) is 9.52. The highest BCUT2D eigenvalue weighted by atomic mass is 16.1. The fraction of sp³-hybridized carbons (Fsp3) is 0.917. The molecule has 0 spiro atoms. The van der Waals surface area contributed by atoms with Crippen LogP contribution >= 0.6 is 0 Å². The van der Waals surface area contributed by atoms with Crippen molar-refractivity contribution in [3.8, 4) is 0 Å². The second-order valence-corrected chi connectivity index (χ2v) is 4.26. The molecular weight excluding hydrogens is 160 g/mol.